The summed E-state index contributed by atoms with van der Waals surface area (Å²) in [4.78, 5) is 0. The quantitative estimate of drug-likeness (QED) is 0.596. The molecule has 0 atom stereocenters. The second kappa shape index (κ2) is 6.39. The summed E-state index contributed by atoms with van der Waals surface area (Å²) in [5.74, 6) is 0. The van der Waals surface area contributed by atoms with Crippen molar-refractivity contribution in [1.29, 1.82) is 0 Å². The van der Waals surface area contributed by atoms with Crippen LogP contribution in [0.4, 0.5) is 0 Å². The fraction of sp³-hybridized carbons (Fsp3) is 1.00. The molecule has 0 saturated carbocycles. The Kier molecular flexibility index (Phi) is 6.35. The Bertz CT molecular complexity index is 110. The predicted molar refractivity (Wildman–Crippen MR) is 55.7 cm³/mol. The SMILES string of the molecule is CCOC(CCC(C)(C)C)OCC. The molecule has 0 aromatic heterocycles. The van der Waals surface area contributed by atoms with Crippen LogP contribution in [0.15, 0.2) is 0 Å². The van der Waals surface area contributed by atoms with Crippen molar-refractivity contribution in [2.24, 2.45) is 5.41 Å². The Morgan fingerprint density at radius 1 is 1.00 bits per heavy atom. The molecule has 0 saturated heterocycles. The third kappa shape index (κ3) is 8.26. The molecule has 0 spiro atoms. The fourth-order valence-electron chi connectivity index (χ4n) is 1.14. The number of ether oxygens (including phenoxy) is 2. The number of hydrogen-bond acceptors (Lipinski definition) is 2. The van der Waals surface area contributed by atoms with Crippen LogP contribution >= 0.6 is 0 Å². The number of hydrogen-bond donors (Lipinski definition) is 0. The summed E-state index contributed by atoms with van der Waals surface area (Å²) < 4.78 is 10.9. The van der Waals surface area contributed by atoms with Crippen LogP contribution in [0.1, 0.15) is 47.5 Å². The molecule has 0 rings (SSSR count). The van der Waals surface area contributed by atoms with Crippen molar-refractivity contribution in [2.45, 2.75) is 53.8 Å². The lowest BCUT2D eigenvalue weighted by Crippen LogP contribution is -2.20. The van der Waals surface area contributed by atoms with E-state index in [1.165, 1.54) is 0 Å². The van der Waals surface area contributed by atoms with Crippen molar-refractivity contribution in [3.8, 4) is 0 Å². The highest BCUT2D eigenvalue weighted by atomic mass is 16.7. The van der Waals surface area contributed by atoms with Crippen molar-refractivity contribution in [1.82, 2.24) is 0 Å². The van der Waals surface area contributed by atoms with Gasteiger partial charge in [0.1, 0.15) is 0 Å². The normalized spacial score (nSPS) is 12.5. The van der Waals surface area contributed by atoms with Crippen LogP contribution in [0.25, 0.3) is 0 Å². The third-order valence-corrected chi connectivity index (χ3v) is 1.84. The van der Waals surface area contributed by atoms with Gasteiger partial charge in [0.25, 0.3) is 0 Å². The second-order valence-electron chi connectivity index (χ2n) is 4.44. The van der Waals surface area contributed by atoms with Gasteiger partial charge in [0, 0.05) is 13.2 Å². The van der Waals surface area contributed by atoms with E-state index in [4.69, 9.17) is 9.47 Å². The third-order valence-electron chi connectivity index (χ3n) is 1.84. The van der Waals surface area contributed by atoms with Crippen LogP contribution < -0.4 is 0 Å². The first-order valence-corrected chi connectivity index (χ1v) is 5.22. The molecule has 0 heterocycles. The van der Waals surface area contributed by atoms with Crippen molar-refractivity contribution in [3.05, 3.63) is 0 Å². The van der Waals surface area contributed by atoms with Crippen LogP contribution in [0.3, 0.4) is 0 Å². The molecule has 0 aliphatic heterocycles. The van der Waals surface area contributed by atoms with Gasteiger partial charge in [-0.05, 0) is 32.1 Å². The van der Waals surface area contributed by atoms with Crippen LogP contribution in [0.2, 0.25) is 0 Å². The van der Waals surface area contributed by atoms with Gasteiger partial charge in [0.2, 0.25) is 0 Å². The highest BCUT2D eigenvalue weighted by Crippen LogP contribution is 2.22. The van der Waals surface area contributed by atoms with Gasteiger partial charge in [-0.3, -0.25) is 0 Å². The molecule has 0 fully saturated rings. The van der Waals surface area contributed by atoms with Crippen molar-refractivity contribution >= 4 is 0 Å². The van der Waals surface area contributed by atoms with Crippen LogP contribution in [-0.4, -0.2) is 19.5 Å². The summed E-state index contributed by atoms with van der Waals surface area (Å²) in [5, 5.41) is 0. The van der Waals surface area contributed by atoms with Gasteiger partial charge in [-0.15, -0.1) is 0 Å². The Morgan fingerprint density at radius 3 is 1.77 bits per heavy atom. The topological polar surface area (TPSA) is 18.5 Å². The zero-order valence-electron chi connectivity index (χ0n) is 9.72. The average Bonchev–Trinajstić information content (AvgIpc) is 2.00. The Labute approximate surface area is 82.6 Å². The van der Waals surface area contributed by atoms with E-state index in [0.29, 0.717) is 5.41 Å². The predicted octanol–water partition coefficient (Wildman–Crippen LogP) is 3.21. The van der Waals surface area contributed by atoms with Crippen LogP contribution in [0.5, 0.6) is 0 Å². The smallest absolute Gasteiger partial charge is 0.157 e. The first-order chi connectivity index (χ1) is 5.99. The summed E-state index contributed by atoms with van der Waals surface area (Å²) in [6, 6.07) is 0. The van der Waals surface area contributed by atoms with Gasteiger partial charge in [0.15, 0.2) is 6.29 Å². The molecule has 0 unspecified atom stereocenters. The summed E-state index contributed by atoms with van der Waals surface area (Å²) in [6.07, 6.45) is 2.12. The lowest BCUT2D eigenvalue weighted by Gasteiger charge is -2.22. The molecule has 0 radical (unpaired) electrons. The maximum atomic E-state index is 5.46. The minimum atomic E-state index is -0.00535. The minimum absolute atomic E-state index is 0.00535. The lowest BCUT2D eigenvalue weighted by molar-refractivity contribution is -0.142. The molecule has 2 nitrogen and oxygen atoms in total. The molecular weight excluding hydrogens is 164 g/mol. The van der Waals surface area contributed by atoms with Gasteiger partial charge in [-0.1, -0.05) is 20.8 Å². The summed E-state index contributed by atoms with van der Waals surface area (Å²) in [7, 11) is 0. The lowest BCUT2D eigenvalue weighted by atomic mass is 9.90. The number of rotatable bonds is 6. The zero-order chi connectivity index (χ0) is 10.3. The molecule has 13 heavy (non-hydrogen) atoms. The van der Waals surface area contributed by atoms with Gasteiger partial charge in [-0.2, -0.15) is 0 Å². The zero-order valence-corrected chi connectivity index (χ0v) is 9.72. The van der Waals surface area contributed by atoms with Crippen molar-refractivity contribution in [2.75, 3.05) is 13.2 Å². The average molecular weight is 188 g/mol. The highest BCUT2D eigenvalue weighted by molar-refractivity contribution is 4.62. The molecule has 0 aromatic rings. The van der Waals surface area contributed by atoms with Gasteiger partial charge in [0.05, 0.1) is 0 Å². The van der Waals surface area contributed by atoms with Crippen molar-refractivity contribution in [3.63, 3.8) is 0 Å². The van der Waals surface area contributed by atoms with E-state index in [1.54, 1.807) is 0 Å². The summed E-state index contributed by atoms with van der Waals surface area (Å²) in [5.41, 5.74) is 0.368. The van der Waals surface area contributed by atoms with E-state index in [0.717, 1.165) is 26.1 Å². The molecule has 0 bridgehead atoms. The van der Waals surface area contributed by atoms with E-state index in [-0.39, 0.29) is 6.29 Å². The minimum Gasteiger partial charge on any atom is -0.353 e. The summed E-state index contributed by atoms with van der Waals surface area (Å²) >= 11 is 0. The fourth-order valence-corrected chi connectivity index (χ4v) is 1.14. The first kappa shape index (κ1) is 12.9. The highest BCUT2D eigenvalue weighted by Gasteiger charge is 2.15. The molecule has 0 N–H and O–H groups in total. The molecule has 0 aromatic carbocycles. The summed E-state index contributed by atoms with van der Waals surface area (Å²) in [6.45, 7) is 12.2. The monoisotopic (exact) mass is 188 g/mol. The van der Waals surface area contributed by atoms with E-state index in [1.807, 2.05) is 13.8 Å². The molecule has 0 aliphatic rings. The maximum absolute atomic E-state index is 5.46. The Hall–Kier alpha value is -0.0800. The standard InChI is InChI=1S/C11H24O2/c1-6-12-10(13-7-2)8-9-11(3,4)5/h10H,6-9H2,1-5H3. The maximum Gasteiger partial charge on any atom is 0.157 e. The van der Waals surface area contributed by atoms with E-state index in [9.17, 15) is 0 Å². The molecule has 0 amide bonds. The van der Waals surface area contributed by atoms with Gasteiger partial charge < -0.3 is 9.47 Å². The Morgan fingerprint density at radius 2 is 1.46 bits per heavy atom. The van der Waals surface area contributed by atoms with Gasteiger partial charge >= 0.3 is 0 Å². The van der Waals surface area contributed by atoms with Crippen molar-refractivity contribution < 1.29 is 9.47 Å². The Balaban J connectivity index is 3.68. The largest absolute Gasteiger partial charge is 0.353 e. The molecule has 0 aliphatic carbocycles. The van der Waals surface area contributed by atoms with Gasteiger partial charge in [-0.25, -0.2) is 0 Å². The molecule has 80 valence electrons. The second-order valence-corrected chi connectivity index (χ2v) is 4.44. The first-order valence-electron chi connectivity index (χ1n) is 5.22. The van der Waals surface area contributed by atoms with E-state index < -0.39 is 0 Å². The van der Waals surface area contributed by atoms with E-state index in [2.05, 4.69) is 20.8 Å². The van der Waals surface area contributed by atoms with Crippen LogP contribution in [0, 0.1) is 5.41 Å². The molecular formula is C11H24O2. The van der Waals surface area contributed by atoms with E-state index >= 15 is 0 Å². The molecule has 2 heteroatoms. The van der Waals surface area contributed by atoms with Crippen LogP contribution in [-0.2, 0) is 9.47 Å².